The summed E-state index contributed by atoms with van der Waals surface area (Å²) in [7, 11) is 0. The molecule has 190 valence electrons. The number of rotatable bonds is 11. The molecule has 1 aromatic carbocycles. The first-order valence-electron chi connectivity index (χ1n) is 12.7. The molecular weight excluding hydrogens is 450 g/mol. The molecule has 34 heavy (non-hydrogen) atoms. The van der Waals surface area contributed by atoms with Crippen molar-refractivity contribution in [2.24, 2.45) is 17.3 Å². The lowest BCUT2D eigenvalue weighted by Gasteiger charge is -2.31. The number of halogens is 1. The van der Waals surface area contributed by atoms with Gasteiger partial charge in [0.05, 0.1) is 17.2 Å². The lowest BCUT2D eigenvalue weighted by Crippen LogP contribution is -2.42. The average molecular weight is 492 g/mol. The van der Waals surface area contributed by atoms with Gasteiger partial charge in [-0.1, -0.05) is 52.1 Å². The Balaban J connectivity index is 1.93. The van der Waals surface area contributed by atoms with E-state index in [1.807, 2.05) is 20.8 Å². The van der Waals surface area contributed by atoms with Gasteiger partial charge in [-0.2, -0.15) is 0 Å². The second-order valence-electron chi connectivity index (χ2n) is 11.3. The number of carbonyl (C=O) groups excluding carboxylic acids is 3. The fraction of sp³-hybridized carbons (Fsp3) is 0.679. The molecule has 1 saturated carbocycles. The van der Waals surface area contributed by atoms with Gasteiger partial charge in [0.25, 0.3) is 5.91 Å². The van der Waals surface area contributed by atoms with Crippen LogP contribution < -0.4 is 10.1 Å². The summed E-state index contributed by atoms with van der Waals surface area (Å²) in [4.78, 5) is 37.9. The number of benzene rings is 1. The Morgan fingerprint density at radius 3 is 2.24 bits per heavy atom. The summed E-state index contributed by atoms with van der Waals surface area (Å²) in [5.74, 6) is 1.45. The van der Waals surface area contributed by atoms with Crippen molar-refractivity contribution in [3.63, 3.8) is 0 Å². The molecule has 0 aromatic heterocycles. The number of hydrogen-bond acceptors (Lipinski definition) is 4. The Labute approximate surface area is 210 Å². The predicted molar refractivity (Wildman–Crippen MR) is 138 cm³/mol. The highest BCUT2D eigenvalue weighted by Gasteiger charge is 2.29. The molecule has 1 aliphatic carbocycles. The van der Waals surface area contributed by atoms with Crippen molar-refractivity contribution in [2.75, 3.05) is 0 Å². The molecule has 1 unspecified atom stereocenters. The van der Waals surface area contributed by atoms with Crippen molar-refractivity contribution >= 4 is 29.1 Å². The van der Waals surface area contributed by atoms with Crippen molar-refractivity contribution < 1.29 is 19.1 Å². The number of nitrogens with one attached hydrogen (secondary N) is 1. The quantitative estimate of drug-likeness (QED) is 0.369. The Morgan fingerprint density at radius 2 is 1.71 bits per heavy atom. The summed E-state index contributed by atoms with van der Waals surface area (Å²) < 4.78 is 5.63. The van der Waals surface area contributed by atoms with Crippen LogP contribution in [0.2, 0.25) is 5.02 Å². The molecule has 0 radical (unpaired) electrons. The maximum Gasteiger partial charge on any atom is 0.251 e. The lowest BCUT2D eigenvalue weighted by molar-refractivity contribution is -0.122. The van der Waals surface area contributed by atoms with Crippen molar-refractivity contribution in [2.45, 2.75) is 105 Å². The monoisotopic (exact) mass is 491 g/mol. The molecule has 1 fully saturated rings. The van der Waals surface area contributed by atoms with Crippen molar-refractivity contribution in [1.29, 1.82) is 0 Å². The Bertz CT molecular complexity index is 850. The molecule has 2 rings (SSSR count). The van der Waals surface area contributed by atoms with Gasteiger partial charge in [0, 0.05) is 24.8 Å². The summed E-state index contributed by atoms with van der Waals surface area (Å²) in [5, 5.41) is 3.32. The van der Waals surface area contributed by atoms with E-state index >= 15 is 0 Å². The summed E-state index contributed by atoms with van der Waals surface area (Å²) in [6.45, 7) is 12.0. The van der Waals surface area contributed by atoms with Crippen LogP contribution in [0.4, 0.5) is 0 Å². The second kappa shape index (κ2) is 12.7. The maximum absolute atomic E-state index is 12.9. The highest BCUT2D eigenvalue weighted by molar-refractivity contribution is 6.32. The Morgan fingerprint density at radius 1 is 1.09 bits per heavy atom. The molecule has 1 aliphatic rings. The smallest absolute Gasteiger partial charge is 0.251 e. The summed E-state index contributed by atoms with van der Waals surface area (Å²) >= 11 is 6.29. The van der Waals surface area contributed by atoms with Crippen molar-refractivity contribution in [3.05, 3.63) is 28.8 Å². The van der Waals surface area contributed by atoms with Gasteiger partial charge >= 0.3 is 0 Å². The van der Waals surface area contributed by atoms with Gasteiger partial charge in [0.1, 0.15) is 11.5 Å². The Hall–Kier alpha value is -1.88. The standard InChI is InChI=1S/C28H42ClNO4/c1-7-25(32)24(30-27(33)21-12-13-26(23(29)16-21)34-18(2)3)15-20-10-8-19(9-11-20)14-22(31)17-28(4,5)6/h12-13,16,18-20,24H,7-11,14-15,17H2,1-6H3,(H,30,33). The molecule has 1 amide bonds. The highest BCUT2D eigenvalue weighted by atomic mass is 35.5. The van der Waals surface area contributed by atoms with Gasteiger partial charge in [-0.15, -0.1) is 0 Å². The molecule has 1 N–H and O–H groups in total. The van der Waals surface area contributed by atoms with E-state index in [1.165, 1.54) is 0 Å². The van der Waals surface area contributed by atoms with Gasteiger partial charge < -0.3 is 10.1 Å². The van der Waals surface area contributed by atoms with Crippen LogP contribution in [0.1, 0.15) is 103 Å². The van der Waals surface area contributed by atoms with E-state index in [9.17, 15) is 14.4 Å². The first-order chi connectivity index (χ1) is 15.9. The van der Waals surface area contributed by atoms with Gasteiger partial charge in [0.2, 0.25) is 0 Å². The third kappa shape index (κ3) is 9.40. The van der Waals surface area contributed by atoms with E-state index in [0.29, 0.717) is 59.6 Å². The number of Topliss-reactive ketones (excluding diaryl/α,β-unsaturated/α-hetero) is 2. The fourth-order valence-electron chi connectivity index (χ4n) is 4.74. The number of ketones is 2. The van der Waals surface area contributed by atoms with Crippen molar-refractivity contribution in [1.82, 2.24) is 5.32 Å². The molecule has 0 aliphatic heterocycles. The molecule has 0 spiro atoms. The second-order valence-corrected chi connectivity index (χ2v) is 11.7. The molecule has 1 atom stereocenters. The normalized spacial score (nSPS) is 19.5. The summed E-state index contributed by atoms with van der Waals surface area (Å²) in [6, 6.07) is 4.44. The number of carbonyl (C=O) groups is 3. The predicted octanol–water partition coefficient (Wildman–Crippen LogP) is 6.80. The first kappa shape index (κ1) is 28.4. The summed E-state index contributed by atoms with van der Waals surface area (Å²) in [6.07, 6.45) is 6.29. The van der Waals surface area contributed by atoms with Gasteiger partial charge in [-0.05, 0) is 68.6 Å². The SMILES string of the molecule is CCC(=O)C(CC1CCC(CC(=O)CC(C)(C)C)CC1)NC(=O)c1ccc(OC(C)C)c(Cl)c1. The molecule has 5 nitrogen and oxygen atoms in total. The zero-order valence-corrected chi connectivity index (χ0v) is 22.5. The average Bonchev–Trinajstić information content (AvgIpc) is 2.73. The van der Waals surface area contributed by atoms with Gasteiger partial charge in [-0.3, -0.25) is 14.4 Å². The molecular formula is C28H42ClNO4. The van der Waals surface area contributed by atoms with Crippen LogP contribution in [0.5, 0.6) is 5.75 Å². The minimum atomic E-state index is -0.507. The van der Waals surface area contributed by atoms with Crippen LogP contribution in [-0.2, 0) is 9.59 Å². The number of hydrogen-bond donors (Lipinski definition) is 1. The molecule has 0 bridgehead atoms. The number of ether oxygens (including phenoxy) is 1. The maximum atomic E-state index is 12.9. The van der Waals surface area contributed by atoms with E-state index in [1.54, 1.807) is 18.2 Å². The Kier molecular flexibility index (Phi) is 10.6. The van der Waals surface area contributed by atoms with Crippen LogP contribution in [0.25, 0.3) is 0 Å². The van der Waals surface area contributed by atoms with Gasteiger partial charge in [0.15, 0.2) is 5.78 Å². The number of amides is 1. The van der Waals surface area contributed by atoms with Crippen LogP contribution in [0, 0.1) is 17.3 Å². The lowest BCUT2D eigenvalue weighted by atomic mass is 9.76. The highest BCUT2D eigenvalue weighted by Crippen LogP contribution is 2.35. The van der Waals surface area contributed by atoms with E-state index < -0.39 is 6.04 Å². The molecule has 0 heterocycles. The zero-order chi connectivity index (χ0) is 25.5. The van der Waals surface area contributed by atoms with E-state index in [0.717, 1.165) is 25.7 Å². The van der Waals surface area contributed by atoms with Crippen LogP contribution >= 0.6 is 11.6 Å². The first-order valence-corrected chi connectivity index (χ1v) is 13.1. The van der Waals surface area contributed by atoms with Gasteiger partial charge in [-0.25, -0.2) is 0 Å². The topological polar surface area (TPSA) is 72.5 Å². The zero-order valence-electron chi connectivity index (χ0n) is 21.7. The fourth-order valence-corrected chi connectivity index (χ4v) is 4.97. The largest absolute Gasteiger partial charge is 0.489 e. The van der Waals surface area contributed by atoms with E-state index in [4.69, 9.17) is 16.3 Å². The minimum Gasteiger partial charge on any atom is -0.489 e. The summed E-state index contributed by atoms with van der Waals surface area (Å²) in [5.41, 5.74) is 0.447. The van der Waals surface area contributed by atoms with Crippen LogP contribution in [-0.4, -0.2) is 29.6 Å². The third-order valence-corrected chi connectivity index (χ3v) is 6.67. The minimum absolute atomic E-state index is 0.0181. The molecule has 6 heteroatoms. The van der Waals surface area contributed by atoms with Crippen molar-refractivity contribution in [3.8, 4) is 5.75 Å². The van der Waals surface area contributed by atoms with Crippen LogP contribution in [0.15, 0.2) is 18.2 Å². The van der Waals surface area contributed by atoms with E-state index in [2.05, 4.69) is 26.1 Å². The molecule has 1 aromatic rings. The van der Waals surface area contributed by atoms with Crippen LogP contribution in [0.3, 0.4) is 0 Å². The third-order valence-electron chi connectivity index (χ3n) is 6.38. The van der Waals surface area contributed by atoms with E-state index in [-0.39, 0.29) is 23.2 Å². The molecule has 0 saturated heterocycles.